The summed E-state index contributed by atoms with van der Waals surface area (Å²) in [6.07, 6.45) is 48.3. The molecule has 1 saturated heterocycles. The van der Waals surface area contributed by atoms with Crippen molar-refractivity contribution in [3.63, 3.8) is 0 Å². The van der Waals surface area contributed by atoms with Crippen LogP contribution >= 0.6 is 0 Å². The van der Waals surface area contributed by atoms with Crippen molar-refractivity contribution in [2.24, 2.45) is 0 Å². The van der Waals surface area contributed by atoms with E-state index in [1.54, 1.807) is 0 Å². The molecule has 1 aliphatic rings. The Morgan fingerprint density at radius 2 is 0.884 bits per heavy atom. The number of unbranched alkanes of at least 4 members (excludes halogenated alkanes) is 22. The smallest absolute Gasteiger partial charge is 0.168 e. The Morgan fingerprint density at radius 3 is 1.28 bits per heavy atom. The molecule has 0 radical (unpaired) electrons. The predicted molar refractivity (Wildman–Crippen MR) is 189 cm³/mol. The van der Waals surface area contributed by atoms with Crippen LogP contribution in [0.3, 0.4) is 0 Å². The van der Waals surface area contributed by atoms with Crippen LogP contribution in [0.4, 0.5) is 0 Å². The molecule has 0 unspecified atom stereocenters. The van der Waals surface area contributed by atoms with E-state index in [1.807, 2.05) is 0 Å². The van der Waals surface area contributed by atoms with Crippen LogP contribution in [0.25, 0.3) is 0 Å². The average Bonchev–Trinajstić information content (AvgIpc) is 3.43. The first-order valence-corrected chi connectivity index (χ1v) is 19.5. The van der Waals surface area contributed by atoms with E-state index < -0.39 is 0 Å². The molecule has 43 heavy (non-hydrogen) atoms. The third-order valence-electron chi connectivity index (χ3n) is 9.24. The van der Waals surface area contributed by atoms with Gasteiger partial charge in [-0.3, -0.25) is 0 Å². The van der Waals surface area contributed by atoms with Gasteiger partial charge in [-0.25, -0.2) is 0 Å². The normalized spacial score (nSPS) is 16.8. The summed E-state index contributed by atoms with van der Waals surface area (Å²) in [5, 5.41) is 9.26. The van der Waals surface area contributed by atoms with E-state index in [-0.39, 0.29) is 18.5 Å². The Morgan fingerprint density at radius 1 is 0.512 bits per heavy atom. The highest BCUT2D eigenvalue weighted by atomic mass is 16.7. The van der Waals surface area contributed by atoms with Gasteiger partial charge in [-0.1, -0.05) is 141 Å². The Kier molecular flexibility index (Phi) is 29.4. The van der Waals surface area contributed by atoms with Crippen LogP contribution in [0.15, 0.2) is 24.3 Å². The van der Waals surface area contributed by atoms with Crippen molar-refractivity contribution in [3.05, 3.63) is 24.3 Å². The van der Waals surface area contributed by atoms with Crippen LogP contribution < -0.4 is 0 Å². The van der Waals surface area contributed by atoms with Crippen LogP contribution in [0.1, 0.15) is 206 Å². The molecule has 1 heterocycles. The molecular weight excluding hydrogens is 528 g/mol. The topological polar surface area (TPSA) is 38.7 Å². The van der Waals surface area contributed by atoms with Crippen molar-refractivity contribution in [1.82, 2.24) is 0 Å². The highest BCUT2D eigenvalue weighted by Crippen LogP contribution is 2.36. The molecule has 0 aromatic rings. The van der Waals surface area contributed by atoms with E-state index in [0.29, 0.717) is 6.61 Å². The zero-order valence-electron chi connectivity index (χ0n) is 29.3. The average molecular weight is 605 g/mol. The third kappa shape index (κ3) is 25.3. The maximum atomic E-state index is 9.26. The van der Waals surface area contributed by atoms with E-state index in [2.05, 4.69) is 38.2 Å². The third-order valence-corrected chi connectivity index (χ3v) is 9.24. The number of hydrogen-bond acceptors (Lipinski definition) is 3. The summed E-state index contributed by atoms with van der Waals surface area (Å²) < 4.78 is 12.9. The van der Waals surface area contributed by atoms with Gasteiger partial charge in [0, 0.05) is 19.4 Å². The molecule has 0 aromatic heterocycles. The van der Waals surface area contributed by atoms with Crippen LogP contribution in [-0.2, 0) is 9.47 Å². The number of rotatable bonds is 33. The summed E-state index contributed by atoms with van der Waals surface area (Å²) in [7, 11) is 0. The summed E-state index contributed by atoms with van der Waals surface area (Å²) in [5.41, 5.74) is 0. The molecule has 1 aliphatic heterocycles. The molecule has 0 amide bonds. The monoisotopic (exact) mass is 605 g/mol. The second-order valence-corrected chi connectivity index (χ2v) is 13.5. The van der Waals surface area contributed by atoms with Crippen LogP contribution in [0, 0.1) is 0 Å². The highest BCUT2D eigenvalue weighted by Gasteiger charge is 2.40. The number of hydrogen-bond donors (Lipinski definition) is 1. The van der Waals surface area contributed by atoms with Gasteiger partial charge in [-0.05, 0) is 77.0 Å². The van der Waals surface area contributed by atoms with Crippen molar-refractivity contribution in [2.45, 2.75) is 218 Å². The maximum Gasteiger partial charge on any atom is 0.168 e. The van der Waals surface area contributed by atoms with Gasteiger partial charge in [-0.15, -0.1) is 0 Å². The minimum atomic E-state index is -0.362. The zero-order chi connectivity index (χ0) is 30.9. The van der Waals surface area contributed by atoms with Gasteiger partial charge in [0.05, 0.1) is 12.7 Å². The quantitative estimate of drug-likeness (QED) is 0.0598. The zero-order valence-corrected chi connectivity index (χ0v) is 29.3. The van der Waals surface area contributed by atoms with Crippen molar-refractivity contribution in [2.75, 3.05) is 13.2 Å². The fourth-order valence-corrected chi connectivity index (χ4v) is 6.40. The fraction of sp³-hybridized carbons (Fsp3) is 0.900. The lowest BCUT2D eigenvalue weighted by atomic mass is 9.99. The number of ether oxygens (including phenoxy) is 2. The Bertz CT molecular complexity index is 573. The number of aliphatic hydroxyl groups excluding tert-OH is 1. The Balaban J connectivity index is 2.11. The standard InChI is InChI=1S/C40H76O3/c1-3-5-7-9-11-13-15-17-19-21-23-25-27-29-31-35-40(42-38-39(43-40)34-33-37-41)36-32-30-28-26-24-22-20-18-16-14-12-10-8-6-4-2/h17-20,39,41H,3-16,21-38H2,1-2H3/b19-17-,20-18-/t39-/m0/s1. The first kappa shape index (κ1) is 40.4. The van der Waals surface area contributed by atoms with Crippen LogP contribution in [0.5, 0.6) is 0 Å². The maximum absolute atomic E-state index is 9.26. The first-order valence-electron chi connectivity index (χ1n) is 19.5. The molecular formula is C40H76O3. The van der Waals surface area contributed by atoms with E-state index in [9.17, 15) is 5.11 Å². The minimum Gasteiger partial charge on any atom is -0.396 e. The number of allylic oxidation sites excluding steroid dienone is 4. The highest BCUT2D eigenvalue weighted by molar-refractivity contribution is 4.83. The Labute approximate surface area is 270 Å². The molecule has 3 heteroatoms. The molecule has 0 aliphatic carbocycles. The molecule has 3 nitrogen and oxygen atoms in total. The van der Waals surface area contributed by atoms with Crippen molar-refractivity contribution in [3.8, 4) is 0 Å². The van der Waals surface area contributed by atoms with Gasteiger partial charge in [0.1, 0.15) is 0 Å². The first-order chi connectivity index (χ1) is 21.3. The minimum absolute atomic E-state index is 0.165. The second-order valence-electron chi connectivity index (χ2n) is 13.5. The summed E-state index contributed by atoms with van der Waals surface area (Å²) in [6.45, 7) is 5.52. The molecule has 0 saturated carbocycles. The SMILES string of the molecule is CCCCCCCC/C=C\CCCCCCCC1(CCCCCCC/C=C\CCCCCCCC)OC[C@H](CCCO)O1. The number of aliphatic hydroxyl groups is 1. The van der Waals surface area contributed by atoms with Crippen molar-refractivity contribution < 1.29 is 14.6 Å². The van der Waals surface area contributed by atoms with Gasteiger partial charge in [0.25, 0.3) is 0 Å². The lowest BCUT2D eigenvalue weighted by molar-refractivity contribution is -0.180. The summed E-state index contributed by atoms with van der Waals surface area (Å²) >= 11 is 0. The lowest BCUT2D eigenvalue weighted by Crippen LogP contribution is -2.31. The molecule has 0 aromatic carbocycles. The predicted octanol–water partition coefficient (Wildman–Crippen LogP) is 12.9. The van der Waals surface area contributed by atoms with Gasteiger partial charge >= 0.3 is 0 Å². The summed E-state index contributed by atoms with van der Waals surface area (Å²) in [6, 6.07) is 0. The molecule has 1 atom stereocenters. The van der Waals surface area contributed by atoms with Gasteiger partial charge in [-0.2, -0.15) is 0 Å². The van der Waals surface area contributed by atoms with Gasteiger partial charge < -0.3 is 14.6 Å². The second kappa shape index (κ2) is 31.3. The van der Waals surface area contributed by atoms with Crippen molar-refractivity contribution >= 4 is 0 Å². The van der Waals surface area contributed by atoms with E-state index in [4.69, 9.17) is 9.47 Å². The molecule has 1 N–H and O–H groups in total. The van der Waals surface area contributed by atoms with Crippen LogP contribution in [0.2, 0.25) is 0 Å². The van der Waals surface area contributed by atoms with E-state index >= 15 is 0 Å². The van der Waals surface area contributed by atoms with Gasteiger partial charge in [0.2, 0.25) is 0 Å². The fourth-order valence-electron chi connectivity index (χ4n) is 6.40. The van der Waals surface area contributed by atoms with E-state index in [1.165, 1.54) is 167 Å². The van der Waals surface area contributed by atoms with E-state index in [0.717, 1.165) is 25.7 Å². The van der Waals surface area contributed by atoms with Gasteiger partial charge in [0.15, 0.2) is 5.79 Å². The molecule has 1 fully saturated rings. The van der Waals surface area contributed by atoms with Crippen molar-refractivity contribution in [1.29, 1.82) is 0 Å². The molecule has 0 spiro atoms. The largest absolute Gasteiger partial charge is 0.396 e. The Hall–Kier alpha value is -0.640. The summed E-state index contributed by atoms with van der Waals surface area (Å²) in [4.78, 5) is 0. The lowest BCUT2D eigenvalue weighted by Gasteiger charge is -2.28. The van der Waals surface area contributed by atoms with Crippen LogP contribution in [-0.4, -0.2) is 30.2 Å². The molecule has 0 bridgehead atoms. The molecule has 1 rings (SSSR count). The molecule has 254 valence electrons. The summed E-state index contributed by atoms with van der Waals surface area (Å²) in [5.74, 6) is -0.362.